The SMILES string of the molecule is [c]1cc(OCc2ccccc2)c(OCc2ccccc2)c(OCc2ccccc2)c1OCc1ccccc1. The van der Waals surface area contributed by atoms with Gasteiger partial charge in [-0.3, -0.25) is 0 Å². The van der Waals surface area contributed by atoms with Crippen LogP contribution in [0.25, 0.3) is 0 Å². The van der Waals surface area contributed by atoms with Crippen LogP contribution in [0.5, 0.6) is 23.0 Å². The minimum absolute atomic E-state index is 0.347. The van der Waals surface area contributed by atoms with E-state index in [4.69, 9.17) is 18.9 Å². The smallest absolute Gasteiger partial charge is 0.208 e. The van der Waals surface area contributed by atoms with Crippen molar-refractivity contribution in [2.75, 3.05) is 0 Å². The molecule has 0 aromatic heterocycles. The van der Waals surface area contributed by atoms with E-state index in [9.17, 15) is 0 Å². The van der Waals surface area contributed by atoms with E-state index in [1.807, 2.05) is 121 Å². The van der Waals surface area contributed by atoms with Gasteiger partial charge >= 0.3 is 0 Å². The zero-order valence-electron chi connectivity index (χ0n) is 21.1. The summed E-state index contributed by atoms with van der Waals surface area (Å²) < 4.78 is 25.2. The first-order valence-electron chi connectivity index (χ1n) is 12.6. The standard InChI is InChI=1S/C34H29O4/c1-5-13-27(14-6-1)23-35-31-21-22-32(36-24-28-15-7-2-8-16-28)34(38-26-30-19-11-4-12-20-30)33(31)37-25-29-17-9-3-10-18-29/h1-21H,23-26H2. The highest BCUT2D eigenvalue weighted by molar-refractivity contribution is 5.59. The summed E-state index contributed by atoms with van der Waals surface area (Å²) in [6.07, 6.45) is 0. The highest BCUT2D eigenvalue weighted by Gasteiger charge is 2.21. The molecule has 0 heterocycles. The topological polar surface area (TPSA) is 36.9 Å². The van der Waals surface area contributed by atoms with Gasteiger partial charge in [0.15, 0.2) is 11.5 Å². The molecule has 0 aliphatic carbocycles. The Balaban J connectivity index is 1.47. The van der Waals surface area contributed by atoms with Gasteiger partial charge < -0.3 is 18.9 Å². The van der Waals surface area contributed by atoms with Crippen molar-refractivity contribution >= 4 is 0 Å². The van der Waals surface area contributed by atoms with Gasteiger partial charge in [0.1, 0.15) is 26.4 Å². The average Bonchev–Trinajstić information content (AvgIpc) is 2.99. The third kappa shape index (κ3) is 6.95. The lowest BCUT2D eigenvalue weighted by molar-refractivity contribution is 0.214. The molecule has 0 aliphatic heterocycles. The first kappa shape index (κ1) is 25.0. The van der Waals surface area contributed by atoms with Gasteiger partial charge in [0, 0.05) is 6.07 Å². The number of hydrogen-bond donors (Lipinski definition) is 0. The lowest BCUT2D eigenvalue weighted by Crippen LogP contribution is -2.06. The lowest BCUT2D eigenvalue weighted by Gasteiger charge is -2.20. The molecule has 1 radical (unpaired) electrons. The minimum Gasteiger partial charge on any atom is -0.485 e. The van der Waals surface area contributed by atoms with Crippen LogP contribution in [0.4, 0.5) is 0 Å². The molecule has 189 valence electrons. The molecule has 5 aromatic carbocycles. The molecule has 5 aromatic rings. The van der Waals surface area contributed by atoms with E-state index >= 15 is 0 Å². The van der Waals surface area contributed by atoms with Crippen LogP contribution in [-0.4, -0.2) is 0 Å². The molecular weight excluding hydrogens is 472 g/mol. The molecule has 0 aliphatic rings. The number of hydrogen-bond acceptors (Lipinski definition) is 4. The van der Waals surface area contributed by atoms with E-state index in [-0.39, 0.29) is 0 Å². The monoisotopic (exact) mass is 501 g/mol. The first-order valence-corrected chi connectivity index (χ1v) is 12.6. The summed E-state index contributed by atoms with van der Waals surface area (Å²) in [6, 6.07) is 45.1. The fourth-order valence-corrected chi connectivity index (χ4v) is 3.88. The molecule has 0 fully saturated rings. The second-order valence-corrected chi connectivity index (χ2v) is 8.74. The van der Waals surface area contributed by atoms with Gasteiger partial charge in [-0.25, -0.2) is 0 Å². The molecule has 0 unspecified atom stereocenters. The van der Waals surface area contributed by atoms with Crippen molar-refractivity contribution in [1.82, 2.24) is 0 Å². The van der Waals surface area contributed by atoms with Gasteiger partial charge in [-0.1, -0.05) is 121 Å². The molecule has 0 saturated carbocycles. The van der Waals surface area contributed by atoms with E-state index < -0.39 is 0 Å². The fourth-order valence-electron chi connectivity index (χ4n) is 3.88. The summed E-state index contributed by atoms with van der Waals surface area (Å²) in [6.45, 7) is 1.46. The normalized spacial score (nSPS) is 10.5. The molecule has 4 heteroatoms. The highest BCUT2D eigenvalue weighted by atomic mass is 16.6. The molecule has 4 nitrogen and oxygen atoms in total. The fraction of sp³-hybridized carbons (Fsp3) is 0.118. The Morgan fingerprint density at radius 3 is 1.21 bits per heavy atom. The van der Waals surface area contributed by atoms with Crippen molar-refractivity contribution in [3.8, 4) is 23.0 Å². The highest BCUT2D eigenvalue weighted by Crippen LogP contribution is 2.45. The van der Waals surface area contributed by atoms with E-state index in [0.717, 1.165) is 22.3 Å². The Bertz CT molecular complexity index is 1280. The molecule has 5 rings (SSSR count). The molecular formula is C34H29O4. The van der Waals surface area contributed by atoms with Gasteiger partial charge in [-0.2, -0.15) is 0 Å². The summed E-state index contributed by atoms with van der Waals surface area (Å²) in [5, 5.41) is 0. The van der Waals surface area contributed by atoms with Gasteiger partial charge in [-0.05, 0) is 28.3 Å². The second-order valence-electron chi connectivity index (χ2n) is 8.74. The van der Waals surface area contributed by atoms with E-state index in [0.29, 0.717) is 49.4 Å². The molecule has 0 atom stereocenters. The molecule has 38 heavy (non-hydrogen) atoms. The zero-order chi connectivity index (χ0) is 25.8. The first-order chi connectivity index (χ1) is 18.8. The van der Waals surface area contributed by atoms with Crippen LogP contribution in [0.1, 0.15) is 22.3 Å². The number of ether oxygens (including phenoxy) is 4. The maximum atomic E-state index is 6.37. The van der Waals surface area contributed by atoms with Gasteiger partial charge in [0.25, 0.3) is 0 Å². The average molecular weight is 502 g/mol. The van der Waals surface area contributed by atoms with Crippen LogP contribution >= 0.6 is 0 Å². The maximum Gasteiger partial charge on any atom is 0.208 e. The van der Waals surface area contributed by atoms with E-state index in [1.54, 1.807) is 6.07 Å². The minimum atomic E-state index is 0.347. The van der Waals surface area contributed by atoms with Crippen LogP contribution < -0.4 is 18.9 Å². The Morgan fingerprint density at radius 1 is 0.395 bits per heavy atom. The summed E-state index contributed by atoms with van der Waals surface area (Å²) in [7, 11) is 0. The second kappa shape index (κ2) is 13.0. The third-order valence-electron chi connectivity index (χ3n) is 5.89. The van der Waals surface area contributed by atoms with Crippen LogP contribution in [-0.2, 0) is 26.4 Å². The van der Waals surface area contributed by atoms with Crippen molar-refractivity contribution in [2.24, 2.45) is 0 Å². The Morgan fingerprint density at radius 2 is 0.763 bits per heavy atom. The van der Waals surface area contributed by atoms with Crippen LogP contribution in [0.3, 0.4) is 0 Å². The number of rotatable bonds is 12. The molecule has 0 amide bonds. The molecule has 0 spiro atoms. The van der Waals surface area contributed by atoms with Crippen molar-refractivity contribution < 1.29 is 18.9 Å². The maximum absolute atomic E-state index is 6.37. The largest absolute Gasteiger partial charge is 0.485 e. The quantitative estimate of drug-likeness (QED) is 0.175. The van der Waals surface area contributed by atoms with Gasteiger partial charge in [0.05, 0.1) is 0 Å². The van der Waals surface area contributed by atoms with E-state index in [2.05, 4.69) is 6.07 Å². The van der Waals surface area contributed by atoms with Gasteiger partial charge in [-0.15, -0.1) is 0 Å². The van der Waals surface area contributed by atoms with Crippen molar-refractivity contribution in [2.45, 2.75) is 26.4 Å². The van der Waals surface area contributed by atoms with Crippen molar-refractivity contribution in [3.63, 3.8) is 0 Å². The molecule has 0 bridgehead atoms. The Labute approximate surface area is 224 Å². The lowest BCUT2D eigenvalue weighted by atomic mass is 10.2. The van der Waals surface area contributed by atoms with E-state index in [1.165, 1.54) is 0 Å². The number of benzene rings is 5. The van der Waals surface area contributed by atoms with Crippen LogP contribution in [0.2, 0.25) is 0 Å². The van der Waals surface area contributed by atoms with Gasteiger partial charge in [0.2, 0.25) is 11.5 Å². The summed E-state index contributed by atoms with van der Waals surface area (Å²) >= 11 is 0. The van der Waals surface area contributed by atoms with Crippen LogP contribution in [0, 0.1) is 6.07 Å². The predicted octanol–water partition coefficient (Wildman–Crippen LogP) is 7.80. The molecule has 0 saturated heterocycles. The zero-order valence-corrected chi connectivity index (χ0v) is 21.1. The Hall–Kier alpha value is -4.70. The summed E-state index contributed by atoms with van der Waals surface area (Å²) in [4.78, 5) is 0. The summed E-state index contributed by atoms with van der Waals surface area (Å²) in [5.74, 6) is 1.97. The van der Waals surface area contributed by atoms with Crippen molar-refractivity contribution in [1.29, 1.82) is 0 Å². The summed E-state index contributed by atoms with van der Waals surface area (Å²) in [5.41, 5.74) is 4.17. The Kier molecular flexibility index (Phi) is 8.56. The van der Waals surface area contributed by atoms with Crippen LogP contribution in [0.15, 0.2) is 127 Å². The molecule has 0 N–H and O–H groups in total. The van der Waals surface area contributed by atoms with Crippen molar-refractivity contribution in [3.05, 3.63) is 156 Å². The predicted molar refractivity (Wildman–Crippen MR) is 148 cm³/mol. The third-order valence-corrected chi connectivity index (χ3v) is 5.89.